The van der Waals surface area contributed by atoms with Crippen LogP contribution in [0.4, 0.5) is 0 Å². The second kappa shape index (κ2) is 8.85. The molecule has 0 aliphatic rings. The predicted molar refractivity (Wildman–Crippen MR) is 86.1 cm³/mol. The number of nitrogens with two attached hydrogens (primary N) is 1. The van der Waals surface area contributed by atoms with Crippen molar-refractivity contribution in [1.82, 2.24) is 4.72 Å². The number of hydrogen-bond acceptors (Lipinski definition) is 3. The van der Waals surface area contributed by atoms with Gasteiger partial charge in [0.1, 0.15) is 0 Å². The Balaban J connectivity index is 0.00000361. The normalized spacial score (nSPS) is 12.8. The molecule has 4 nitrogen and oxygen atoms in total. The van der Waals surface area contributed by atoms with Gasteiger partial charge in [-0.3, -0.25) is 0 Å². The minimum Gasteiger partial charge on any atom is -0.329 e. The maximum absolute atomic E-state index is 12.3. The molecule has 0 bridgehead atoms. The topological polar surface area (TPSA) is 72.2 Å². The molecule has 1 rings (SSSR count). The first-order valence-electron chi connectivity index (χ1n) is 6.40. The van der Waals surface area contributed by atoms with Crippen molar-refractivity contribution in [2.24, 2.45) is 5.73 Å². The summed E-state index contributed by atoms with van der Waals surface area (Å²) in [7, 11) is -3.57. The van der Waals surface area contributed by atoms with Crippen LogP contribution in [0.5, 0.6) is 0 Å². The molecule has 1 atom stereocenters. The fourth-order valence-corrected chi connectivity index (χ4v) is 3.62. The van der Waals surface area contributed by atoms with Gasteiger partial charge < -0.3 is 5.73 Å². The zero-order chi connectivity index (χ0) is 14.5. The van der Waals surface area contributed by atoms with E-state index in [0.717, 1.165) is 19.3 Å². The Morgan fingerprint density at radius 2 is 2.05 bits per heavy atom. The van der Waals surface area contributed by atoms with Crippen molar-refractivity contribution >= 4 is 34.0 Å². The van der Waals surface area contributed by atoms with Gasteiger partial charge in [0.05, 0.1) is 4.90 Å². The van der Waals surface area contributed by atoms with Crippen LogP contribution in [0.25, 0.3) is 0 Å². The van der Waals surface area contributed by atoms with Crippen LogP contribution >= 0.6 is 24.0 Å². The number of hydrogen-bond donors (Lipinski definition) is 2. The molecule has 0 saturated carbocycles. The zero-order valence-electron chi connectivity index (χ0n) is 11.7. The fraction of sp³-hybridized carbons (Fsp3) is 0.538. The molecular formula is C13H22Cl2N2O2S. The molecule has 1 aromatic carbocycles. The van der Waals surface area contributed by atoms with Gasteiger partial charge >= 0.3 is 0 Å². The smallest absolute Gasteiger partial charge is 0.241 e. The minimum atomic E-state index is -3.57. The van der Waals surface area contributed by atoms with Gasteiger partial charge in [-0.2, -0.15) is 0 Å². The van der Waals surface area contributed by atoms with E-state index in [1.54, 1.807) is 25.1 Å². The van der Waals surface area contributed by atoms with Crippen molar-refractivity contribution in [3.63, 3.8) is 0 Å². The molecule has 0 heterocycles. The summed E-state index contributed by atoms with van der Waals surface area (Å²) in [5.74, 6) is 0. The van der Waals surface area contributed by atoms with Crippen LogP contribution in [0.15, 0.2) is 23.1 Å². The van der Waals surface area contributed by atoms with Crippen LogP contribution in [0, 0.1) is 6.92 Å². The highest BCUT2D eigenvalue weighted by atomic mass is 35.5. The highest BCUT2D eigenvalue weighted by Gasteiger charge is 2.21. The summed E-state index contributed by atoms with van der Waals surface area (Å²) < 4.78 is 27.3. The number of sulfonamides is 1. The molecule has 116 valence electrons. The maximum Gasteiger partial charge on any atom is 0.241 e. The third-order valence-corrected chi connectivity index (χ3v) is 5.09. The molecule has 0 spiro atoms. The summed E-state index contributed by atoms with van der Waals surface area (Å²) in [6, 6.07) is 4.63. The van der Waals surface area contributed by atoms with Gasteiger partial charge in [0.2, 0.25) is 10.0 Å². The van der Waals surface area contributed by atoms with Gasteiger partial charge in [0.25, 0.3) is 0 Å². The first-order valence-corrected chi connectivity index (χ1v) is 8.26. The highest BCUT2D eigenvalue weighted by Crippen LogP contribution is 2.22. The van der Waals surface area contributed by atoms with E-state index in [4.69, 9.17) is 17.3 Å². The summed E-state index contributed by atoms with van der Waals surface area (Å²) in [6.45, 7) is 4.04. The molecule has 3 N–H and O–H groups in total. The number of benzene rings is 1. The second-order valence-corrected chi connectivity index (χ2v) is 6.65. The van der Waals surface area contributed by atoms with E-state index in [-0.39, 0.29) is 23.3 Å². The van der Waals surface area contributed by atoms with Gasteiger partial charge in [0, 0.05) is 17.6 Å². The van der Waals surface area contributed by atoms with Crippen LogP contribution in [-0.4, -0.2) is 21.0 Å². The third kappa shape index (κ3) is 5.22. The lowest BCUT2D eigenvalue weighted by Crippen LogP contribution is -2.40. The summed E-state index contributed by atoms with van der Waals surface area (Å²) in [5.41, 5.74) is 6.17. The molecule has 1 unspecified atom stereocenters. The molecule has 0 aliphatic heterocycles. The first kappa shape index (κ1) is 19.7. The molecule has 0 saturated heterocycles. The van der Waals surface area contributed by atoms with Gasteiger partial charge in [0.15, 0.2) is 0 Å². The maximum atomic E-state index is 12.3. The zero-order valence-corrected chi connectivity index (χ0v) is 14.1. The Labute approximate surface area is 132 Å². The Kier molecular flexibility index (Phi) is 8.70. The Morgan fingerprint density at radius 1 is 1.40 bits per heavy atom. The van der Waals surface area contributed by atoms with Gasteiger partial charge in [-0.1, -0.05) is 37.4 Å². The van der Waals surface area contributed by atoms with E-state index in [1.165, 1.54) is 0 Å². The van der Waals surface area contributed by atoms with Gasteiger partial charge in [-0.05, 0) is 31.0 Å². The van der Waals surface area contributed by atoms with Crippen molar-refractivity contribution < 1.29 is 8.42 Å². The molecule has 0 amide bonds. The van der Waals surface area contributed by atoms with E-state index in [0.29, 0.717) is 17.1 Å². The summed E-state index contributed by atoms with van der Waals surface area (Å²) in [4.78, 5) is 0.218. The van der Waals surface area contributed by atoms with Crippen molar-refractivity contribution in [1.29, 1.82) is 0 Å². The highest BCUT2D eigenvalue weighted by molar-refractivity contribution is 7.89. The van der Waals surface area contributed by atoms with Crippen molar-refractivity contribution in [3.05, 3.63) is 28.8 Å². The molecule has 0 aromatic heterocycles. The summed E-state index contributed by atoms with van der Waals surface area (Å²) >= 11 is 5.96. The lowest BCUT2D eigenvalue weighted by Gasteiger charge is -2.17. The number of halogens is 2. The number of unbranched alkanes of at least 4 members (excludes halogenated alkanes) is 1. The van der Waals surface area contributed by atoms with Crippen LogP contribution < -0.4 is 10.5 Å². The number of nitrogens with one attached hydrogen (secondary N) is 1. The molecule has 7 heteroatoms. The molecule has 0 radical (unpaired) electrons. The Morgan fingerprint density at radius 3 is 2.60 bits per heavy atom. The quantitative estimate of drug-likeness (QED) is 0.801. The van der Waals surface area contributed by atoms with Crippen molar-refractivity contribution in [2.75, 3.05) is 6.54 Å². The van der Waals surface area contributed by atoms with Gasteiger partial charge in [-0.15, -0.1) is 12.4 Å². The third-order valence-electron chi connectivity index (χ3n) is 3.02. The van der Waals surface area contributed by atoms with E-state index < -0.39 is 10.0 Å². The average Bonchev–Trinajstić information content (AvgIpc) is 2.37. The SMILES string of the molecule is CCCCC(CN)NS(=O)(=O)c1cccc(Cl)c1C.Cl. The lowest BCUT2D eigenvalue weighted by atomic mass is 10.1. The van der Waals surface area contributed by atoms with Crippen LogP contribution in [-0.2, 0) is 10.0 Å². The Hall–Kier alpha value is -0.330. The van der Waals surface area contributed by atoms with Crippen molar-refractivity contribution in [3.8, 4) is 0 Å². The Bertz CT molecular complexity index is 521. The van der Waals surface area contributed by atoms with Crippen LogP contribution in [0.2, 0.25) is 5.02 Å². The van der Waals surface area contributed by atoms with Crippen LogP contribution in [0.3, 0.4) is 0 Å². The monoisotopic (exact) mass is 340 g/mol. The fourth-order valence-electron chi connectivity index (χ4n) is 1.84. The van der Waals surface area contributed by atoms with Gasteiger partial charge in [-0.25, -0.2) is 13.1 Å². The van der Waals surface area contributed by atoms with E-state index >= 15 is 0 Å². The predicted octanol–water partition coefficient (Wildman–Crippen LogP) is 2.87. The van der Waals surface area contributed by atoms with Crippen LogP contribution in [0.1, 0.15) is 31.7 Å². The molecule has 1 aromatic rings. The van der Waals surface area contributed by atoms with E-state index in [1.807, 2.05) is 0 Å². The van der Waals surface area contributed by atoms with E-state index in [9.17, 15) is 8.42 Å². The summed E-state index contributed by atoms with van der Waals surface area (Å²) in [6.07, 6.45) is 2.69. The molecular weight excluding hydrogens is 319 g/mol. The minimum absolute atomic E-state index is 0. The second-order valence-electron chi connectivity index (χ2n) is 4.56. The lowest BCUT2D eigenvalue weighted by molar-refractivity contribution is 0.516. The largest absolute Gasteiger partial charge is 0.329 e. The van der Waals surface area contributed by atoms with Crippen molar-refractivity contribution in [2.45, 2.75) is 44.0 Å². The first-order chi connectivity index (χ1) is 8.92. The summed E-state index contributed by atoms with van der Waals surface area (Å²) in [5, 5.41) is 0.445. The molecule has 20 heavy (non-hydrogen) atoms. The average molecular weight is 341 g/mol. The van der Waals surface area contributed by atoms with E-state index in [2.05, 4.69) is 11.6 Å². The standard InChI is InChI=1S/C13H21ClN2O2S.ClH/c1-3-4-6-11(9-15)16-19(17,18)13-8-5-7-12(14)10(13)2;/h5,7-8,11,16H,3-4,6,9,15H2,1-2H3;1H. The number of rotatable bonds is 7. The molecule has 0 aliphatic carbocycles. The molecule has 0 fully saturated rings.